The standard InChI is InChI=1S/C16H22FN3O/c1-4-8-19-13(14-10-18-11-20(14)2)9-12-6-5-7-15(21-3)16(12)17/h5-7,10-11,13,19H,4,8-9H2,1-3H3. The fraction of sp³-hybridized carbons (Fsp3) is 0.438. The first-order chi connectivity index (χ1) is 10.2. The molecule has 2 rings (SSSR count). The van der Waals surface area contributed by atoms with Gasteiger partial charge in [-0.05, 0) is 31.0 Å². The smallest absolute Gasteiger partial charge is 0.168 e. The van der Waals surface area contributed by atoms with Crippen LogP contribution >= 0.6 is 0 Å². The van der Waals surface area contributed by atoms with Gasteiger partial charge in [0.25, 0.3) is 0 Å². The number of ether oxygens (including phenoxy) is 1. The third-order valence-corrected chi connectivity index (χ3v) is 3.54. The maximum absolute atomic E-state index is 14.3. The minimum Gasteiger partial charge on any atom is -0.494 e. The number of halogens is 1. The van der Waals surface area contributed by atoms with E-state index in [0.29, 0.717) is 12.0 Å². The quantitative estimate of drug-likeness (QED) is 0.852. The van der Waals surface area contributed by atoms with Crippen LogP contribution in [0.25, 0.3) is 0 Å². The van der Waals surface area contributed by atoms with Crippen LogP contribution in [0.3, 0.4) is 0 Å². The van der Waals surface area contributed by atoms with Crippen molar-refractivity contribution in [2.45, 2.75) is 25.8 Å². The number of hydrogen-bond donors (Lipinski definition) is 1. The third-order valence-electron chi connectivity index (χ3n) is 3.54. The van der Waals surface area contributed by atoms with Crippen LogP contribution in [0.5, 0.6) is 5.75 Å². The third kappa shape index (κ3) is 3.61. The molecular formula is C16H22FN3O. The van der Waals surface area contributed by atoms with E-state index >= 15 is 0 Å². The number of nitrogens with one attached hydrogen (secondary N) is 1. The molecule has 5 heteroatoms. The van der Waals surface area contributed by atoms with E-state index in [1.165, 1.54) is 7.11 Å². The molecular weight excluding hydrogens is 269 g/mol. The molecule has 0 bridgehead atoms. The SMILES string of the molecule is CCCNC(Cc1cccc(OC)c1F)c1cncn1C. The second-order valence-electron chi connectivity index (χ2n) is 5.07. The Kier molecular flexibility index (Phi) is 5.33. The number of aryl methyl sites for hydroxylation is 1. The van der Waals surface area contributed by atoms with Crippen LogP contribution in [-0.2, 0) is 13.5 Å². The molecule has 1 atom stereocenters. The van der Waals surface area contributed by atoms with Crippen LogP contribution in [0.15, 0.2) is 30.7 Å². The molecule has 0 aliphatic heterocycles. The van der Waals surface area contributed by atoms with Gasteiger partial charge in [-0.1, -0.05) is 19.1 Å². The van der Waals surface area contributed by atoms with Gasteiger partial charge in [0, 0.05) is 13.2 Å². The van der Waals surface area contributed by atoms with Crippen molar-refractivity contribution in [2.75, 3.05) is 13.7 Å². The van der Waals surface area contributed by atoms with Crippen LogP contribution < -0.4 is 10.1 Å². The summed E-state index contributed by atoms with van der Waals surface area (Å²) in [5.41, 5.74) is 1.69. The predicted molar refractivity (Wildman–Crippen MR) is 80.9 cm³/mol. The van der Waals surface area contributed by atoms with Crippen LogP contribution in [0.2, 0.25) is 0 Å². The monoisotopic (exact) mass is 291 g/mol. The first-order valence-corrected chi connectivity index (χ1v) is 7.18. The van der Waals surface area contributed by atoms with Crippen molar-refractivity contribution in [1.29, 1.82) is 0 Å². The Morgan fingerprint density at radius 3 is 2.86 bits per heavy atom. The summed E-state index contributed by atoms with van der Waals surface area (Å²) in [5.74, 6) is -0.00258. The Bertz CT molecular complexity index is 583. The lowest BCUT2D eigenvalue weighted by Gasteiger charge is -2.20. The second-order valence-corrected chi connectivity index (χ2v) is 5.07. The van der Waals surface area contributed by atoms with Crippen LogP contribution in [0, 0.1) is 5.82 Å². The number of benzene rings is 1. The molecule has 0 aliphatic rings. The van der Waals surface area contributed by atoms with E-state index in [2.05, 4.69) is 17.2 Å². The van der Waals surface area contributed by atoms with Gasteiger partial charge in [0.05, 0.1) is 25.2 Å². The average molecular weight is 291 g/mol. The van der Waals surface area contributed by atoms with Crippen molar-refractivity contribution < 1.29 is 9.13 Å². The molecule has 0 spiro atoms. The van der Waals surface area contributed by atoms with Gasteiger partial charge in [0.2, 0.25) is 0 Å². The summed E-state index contributed by atoms with van der Waals surface area (Å²) in [6.07, 6.45) is 5.17. The van der Waals surface area contributed by atoms with E-state index in [-0.39, 0.29) is 17.6 Å². The summed E-state index contributed by atoms with van der Waals surface area (Å²) >= 11 is 0. The molecule has 0 radical (unpaired) electrons. The van der Waals surface area contributed by atoms with Crippen LogP contribution in [0.1, 0.15) is 30.6 Å². The van der Waals surface area contributed by atoms with E-state index < -0.39 is 0 Å². The topological polar surface area (TPSA) is 39.1 Å². The minimum atomic E-state index is -0.287. The molecule has 0 aliphatic carbocycles. The lowest BCUT2D eigenvalue weighted by molar-refractivity contribution is 0.382. The van der Waals surface area contributed by atoms with Gasteiger partial charge in [-0.25, -0.2) is 9.37 Å². The highest BCUT2D eigenvalue weighted by Crippen LogP contribution is 2.25. The van der Waals surface area contributed by atoms with Gasteiger partial charge >= 0.3 is 0 Å². The summed E-state index contributed by atoms with van der Waals surface area (Å²) in [6, 6.07) is 5.28. The van der Waals surface area contributed by atoms with E-state index in [1.807, 2.05) is 23.9 Å². The maximum Gasteiger partial charge on any atom is 0.168 e. The Balaban J connectivity index is 2.25. The zero-order valence-electron chi connectivity index (χ0n) is 12.8. The molecule has 1 unspecified atom stereocenters. The van der Waals surface area contributed by atoms with Gasteiger partial charge in [-0.3, -0.25) is 0 Å². The highest BCUT2D eigenvalue weighted by atomic mass is 19.1. The lowest BCUT2D eigenvalue weighted by Crippen LogP contribution is -2.26. The molecule has 114 valence electrons. The Labute approximate surface area is 125 Å². The van der Waals surface area contributed by atoms with E-state index in [4.69, 9.17) is 4.74 Å². The van der Waals surface area contributed by atoms with Crippen molar-refractivity contribution in [3.63, 3.8) is 0 Å². The van der Waals surface area contributed by atoms with Gasteiger partial charge in [-0.15, -0.1) is 0 Å². The summed E-state index contributed by atoms with van der Waals surface area (Å²) < 4.78 is 21.3. The molecule has 1 N–H and O–H groups in total. The molecule has 0 saturated carbocycles. The molecule has 0 amide bonds. The number of methoxy groups -OCH3 is 1. The number of nitrogens with zero attached hydrogens (tertiary/aromatic N) is 2. The predicted octanol–water partition coefficient (Wildman–Crippen LogP) is 2.85. The second kappa shape index (κ2) is 7.22. The molecule has 1 aromatic heterocycles. The van der Waals surface area contributed by atoms with Crippen molar-refractivity contribution >= 4 is 0 Å². The molecule has 1 aromatic carbocycles. The van der Waals surface area contributed by atoms with E-state index in [9.17, 15) is 4.39 Å². The van der Waals surface area contributed by atoms with E-state index in [0.717, 1.165) is 18.7 Å². The van der Waals surface area contributed by atoms with Gasteiger partial charge in [0.15, 0.2) is 11.6 Å². The lowest BCUT2D eigenvalue weighted by atomic mass is 10.0. The number of imidazole rings is 1. The fourth-order valence-electron chi connectivity index (χ4n) is 2.39. The normalized spacial score (nSPS) is 12.4. The van der Waals surface area contributed by atoms with Crippen molar-refractivity contribution in [3.8, 4) is 5.75 Å². The molecule has 21 heavy (non-hydrogen) atoms. The van der Waals surface area contributed by atoms with Crippen LogP contribution in [0.4, 0.5) is 4.39 Å². The zero-order chi connectivity index (χ0) is 15.2. The summed E-state index contributed by atoms with van der Waals surface area (Å²) in [7, 11) is 3.43. The first kappa shape index (κ1) is 15.5. The largest absolute Gasteiger partial charge is 0.494 e. The summed E-state index contributed by atoms with van der Waals surface area (Å²) in [5, 5.41) is 3.46. The number of aromatic nitrogens is 2. The molecule has 2 aromatic rings. The van der Waals surface area contributed by atoms with Crippen molar-refractivity contribution in [2.24, 2.45) is 7.05 Å². The van der Waals surface area contributed by atoms with Gasteiger partial charge in [0.1, 0.15) is 0 Å². The Morgan fingerprint density at radius 2 is 2.24 bits per heavy atom. The number of rotatable bonds is 7. The molecule has 0 saturated heterocycles. The Hall–Kier alpha value is -1.88. The van der Waals surface area contributed by atoms with Crippen molar-refractivity contribution in [1.82, 2.24) is 14.9 Å². The highest BCUT2D eigenvalue weighted by molar-refractivity contribution is 5.32. The minimum absolute atomic E-state index is 0.0269. The fourth-order valence-corrected chi connectivity index (χ4v) is 2.39. The summed E-state index contributed by atoms with van der Waals surface area (Å²) in [6.45, 7) is 2.99. The molecule has 1 heterocycles. The maximum atomic E-state index is 14.3. The Morgan fingerprint density at radius 1 is 1.43 bits per heavy atom. The number of hydrogen-bond acceptors (Lipinski definition) is 3. The van der Waals surface area contributed by atoms with Gasteiger partial charge < -0.3 is 14.6 Å². The van der Waals surface area contributed by atoms with Gasteiger partial charge in [-0.2, -0.15) is 0 Å². The van der Waals surface area contributed by atoms with Crippen LogP contribution in [-0.4, -0.2) is 23.2 Å². The first-order valence-electron chi connectivity index (χ1n) is 7.18. The van der Waals surface area contributed by atoms with E-state index in [1.54, 1.807) is 18.5 Å². The zero-order valence-corrected chi connectivity index (χ0v) is 12.8. The molecule has 0 fully saturated rings. The summed E-state index contributed by atoms with van der Waals surface area (Å²) in [4.78, 5) is 4.15. The highest BCUT2D eigenvalue weighted by Gasteiger charge is 2.18. The molecule has 4 nitrogen and oxygen atoms in total. The van der Waals surface area contributed by atoms with Crippen molar-refractivity contribution in [3.05, 3.63) is 47.8 Å². The average Bonchev–Trinajstić information content (AvgIpc) is 2.91.